The fourth-order valence-electron chi connectivity index (χ4n) is 3.46. The lowest BCUT2D eigenvalue weighted by Gasteiger charge is -2.08. The normalized spacial score (nSPS) is 12.3. The number of aryl methyl sites for hydroxylation is 1. The second-order valence-corrected chi connectivity index (χ2v) is 7.18. The first-order valence-electron chi connectivity index (χ1n) is 9.83. The highest BCUT2D eigenvalue weighted by Gasteiger charge is 2.12. The van der Waals surface area contributed by atoms with E-state index >= 15 is 0 Å². The summed E-state index contributed by atoms with van der Waals surface area (Å²) < 4.78 is 7.96. The van der Waals surface area contributed by atoms with E-state index in [1.54, 1.807) is 25.3 Å². The van der Waals surface area contributed by atoms with Gasteiger partial charge in [0.15, 0.2) is 5.71 Å². The molecular formula is C24H23N5O2. The van der Waals surface area contributed by atoms with Crippen LogP contribution in [0.15, 0.2) is 73.7 Å². The maximum atomic E-state index is 10.8. The van der Waals surface area contributed by atoms with Crippen molar-refractivity contribution >= 4 is 22.3 Å². The van der Waals surface area contributed by atoms with E-state index in [9.17, 15) is 5.21 Å². The molecule has 0 bridgehead atoms. The monoisotopic (exact) mass is 413 g/mol. The molecule has 0 aliphatic carbocycles. The Morgan fingerprint density at radius 1 is 1.26 bits per heavy atom. The Labute approximate surface area is 180 Å². The molecule has 0 aliphatic rings. The number of benzene rings is 2. The molecule has 4 aromatic rings. The van der Waals surface area contributed by atoms with E-state index in [2.05, 4.69) is 33.9 Å². The van der Waals surface area contributed by atoms with Crippen LogP contribution < -0.4 is 9.89 Å². The van der Waals surface area contributed by atoms with Crippen LogP contribution in [0.3, 0.4) is 0 Å². The Balaban J connectivity index is 1.52. The zero-order valence-corrected chi connectivity index (χ0v) is 17.4. The number of aromatic nitrogens is 4. The first-order chi connectivity index (χ1) is 15.1. The van der Waals surface area contributed by atoms with E-state index in [0.717, 1.165) is 44.7 Å². The van der Waals surface area contributed by atoms with Crippen LogP contribution >= 0.6 is 0 Å². The zero-order valence-electron chi connectivity index (χ0n) is 17.4. The third-order valence-corrected chi connectivity index (χ3v) is 5.08. The first kappa shape index (κ1) is 20.2. The van der Waals surface area contributed by atoms with E-state index < -0.39 is 0 Å². The molecule has 0 amide bonds. The topological polar surface area (TPSA) is 92.8 Å². The van der Waals surface area contributed by atoms with Crippen LogP contribution in [-0.2, 0) is 13.7 Å². The number of nitrogens with one attached hydrogen (secondary N) is 2. The van der Waals surface area contributed by atoms with E-state index in [1.165, 1.54) is 0 Å². The molecule has 2 N–H and O–H groups in total. The van der Waals surface area contributed by atoms with Crippen LogP contribution in [0.1, 0.15) is 18.2 Å². The van der Waals surface area contributed by atoms with Crippen molar-refractivity contribution < 1.29 is 9.89 Å². The highest BCUT2D eigenvalue weighted by molar-refractivity contribution is 5.97. The fourth-order valence-corrected chi connectivity index (χ4v) is 3.46. The Kier molecular flexibility index (Phi) is 5.66. The Morgan fingerprint density at radius 3 is 2.81 bits per heavy atom. The van der Waals surface area contributed by atoms with Gasteiger partial charge in [0.25, 0.3) is 0 Å². The lowest BCUT2D eigenvalue weighted by atomic mass is 10.0. The summed E-state index contributed by atoms with van der Waals surface area (Å²) in [6.07, 6.45) is 7.00. The van der Waals surface area contributed by atoms with Gasteiger partial charge in [0.05, 0.1) is 17.4 Å². The van der Waals surface area contributed by atoms with Gasteiger partial charge >= 0.3 is 0 Å². The fraction of sp³-hybridized carbons (Fsp3) is 0.125. The molecule has 7 nitrogen and oxygen atoms in total. The maximum Gasteiger partial charge on any atom is 0.182 e. The van der Waals surface area contributed by atoms with Crippen LogP contribution in [0, 0.1) is 5.21 Å². The van der Waals surface area contributed by atoms with Crippen LogP contribution in [0.2, 0.25) is 0 Å². The molecule has 31 heavy (non-hydrogen) atoms. The molecular weight excluding hydrogens is 390 g/mol. The number of imidazole rings is 1. The van der Waals surface area contributed by atoms with Crippen molar-refractivity contribution in [3.8, 4) is 16.9 Å². The Bertz CT molecular complexity index is 1280. The molecule has 2 aromatic heterocycles. The van der Waals surface area contributed by atoms with Crippen molar-refractivity contribution in [2.75, 3.05) is 0 Å². The summed E-state index contributed by atoms with van der Waals surface area (Å²) in [5.41, 5.74) is 7.06. The van der Waals surface area contributed by atoms with E-state index in [0.29, 0.717) is 5.71 Å². The molecule has 0 fully saturated rings. The van der Waals surface area contributed by atoms with Gasteiger partial charge in [0.1, 0.15) is 18.1 Å². The number of hydrogen-bond acceptors (Lipinski definition) is 4. The van der Waals surface area contributed by atoms with E-state index in [-0.39, 0.29) is 6.61 Å². The summed E-state index contributed by atoms with van der Waals surface area (Å²) in [5, 5.41) is 19.8. The number of H-pyrrole nitrogens is 1. The third-order valence-electron chi connectivity index (χ3n) is 5.08. The minimum absolute atomic E-state index is 0.281. The molecule has 0 atom stereocenters. The molecule has 2 heterocycles. The van der Waals surface area contributed by atoms with Crippen LogP contribution in [0.25, 0.3) is 27.7 Å². The Hall–Kier alpha value is -4.13. The van der Waals surface area contributed by atoms with Gasteiger partial charge < -0.3 is 14.5 Å². The number of ether oxygens (including phenoxy) is 1. The minimum Gasteiger partial charge on any atom is -0.625 e. The smallest absolute Gasteiger partial charge is 0.182 e. The largest absolute Gasteiger partial charge is 0.625 e. The van der Waals surface area contributed by atoms with Gasteiger partial charge in [-0.15, -0.1) is 0 Å². The minimum atomic E-state index is 0.281. The predicted molar refractivity (Wildman–Crippen MR) is 122 cm³/mol. The summed E-state index contributed by atoms with van der Waals surface area (Å²) in [6, 6.07) is 14.1. The SMILES string of the molecule is C=C/C(=C\C(C)=[NH+]\[O-])c1c[nH]nc1COc1ccc(-c2cccc3c2ncn3C)cc1. The van der Waals surface area contributed by atoms with Gasteiger partial charge in [0.2, 0.25) is 0 Å². The molecule has 0 radical (unpaired) electrons. The average molecular weight is 413 g/mol. The summed E-state index contributed by atoms with van der Waals surface area (Å²) in [7, 11) is 1.99. The molecule has 0 unspecified atom stereocenters. The number of hydrogen-bond donors (Lipinski definition) is 2. The second-order valence-electron chi connectivity index (χ2n) is 7.18. The summed E-state index contributed by atoms with van der Waals surface area (Å²) in [4.78, 5) is 4.53. The van der Waals surface area contributed by atoms with Gasteiger partial charge in [-0.1, -0.05) is 36.9 Å². The Morgan fingerprint density at radius 2 is 2.06 bits per heavy atom. The van der Waals surface area contributed by atoms with Gasteiger partial charge in [-0.3, -0.25) is 5.10 Å². The van der Waals surface area contributed by atoms with Crippen molar-refractivity contribution in [3.63, 3.8) is 0 Å². The van der Waals surface area contributed by atoms with Crippen molar-refractivity contribution in [2.45, 2.75) is 13.5 Å². The average Bonchev–Trinajstić information content (AvgIpc) is 3.43. The number of fused-ring (bicyclic) bond motifs is 1. The molecule has 0 aliphatic heterocycles. The number of aromatic amines is 1. The van der Waals surface area contributed by atoms with Crippen molar-refractivity contribution in [1.29, 1.82) is 0 Å². The molecule has 2 aromatic carbocycles. The highest BCUT2D eigenvalue weighted by Crippen LogP contribution is 2.29. The van der Waals surface area contributed by atoms with Gasteiger partial charge in [-0.2, -0.15) is 5.10 Å². The number of allylic oxidation sites excluding steroid dienone is 3. The van der Waals surface area contributed by atoms with Crippen LogP contribution in [0.5, 0.6) is 5.75 Å². The van der Waals surface area contributed by atoms with Crippen molar-refractivity contribution in [2.24, 2.45) is 7.05 Å². The van der Waals surface area contributed by atoms with Gasteiger partial charge in [-0.05, 0) is 29.3 Å². The van der Waals surface area contributed by atoms with E-state index in [1.807, 2.05) is 53.4 Å². The molecule has 0 saturated carbocycles. The zero-order chi connectivity index (χ0) is 21.8. The van der Waals surface area contributed by atoms with Crippen molar-refractivity contribution in [1.82, 2.24) is 19.7 Å². The summed E-state index contributed by atoms with van der Waals surface area (Å²) >= 11 is 0. The third kappa shape index (κ3) is 4.11. The second kappa shape index (κ2) is 8.71. The predicted octanol–water partition coefficient (Wildman–Crippen LogP) is 3.15. The number of rotatable bonds is 7. The van der Waals surface area contributed by atoms with Gasteiger partial charge in [0, 0.05) is 37.4 Å². The lowest BCUT2D eigenvalue weighted by Crippen LogP contribution is -2.64. The standard InChI is InChI=1S/C24H23N5O2/c1-4-17(12-16(2)28-30)21-13-26-27-22(21)14-31-19-10-8-18(9-11-19)20-6-5-7-23-24(20)25-15-29(23)3/h4-13,15,28H,1,14H2,2-3H3,(H-,26,27,30)/b17-12+,28-16+. The maximum absolute atomic E-state index is 10.8. The lowest BCUT2D eigenvalue weighted by molar-refractivity contribution is -0.372. The number of nitrogens with zero attached hydrogens (tertiary/aromatic N) is 3. The molecule has 4 rings (SSSR count). The quantitative estimate of drug-likeness (QED) is 0.211. The number of para-hydroxylation sites is 1. The summed E-state index contributed by atoms with van der Waals surface area (Å²) in [6.45, 7) is 5.80. The molecule has 7 heteroatoms. The summed E-state index contributed by atoms with van der Waals surface area (Å²) in [5.74, 6) is 0.735. The van der Waals surface area contributed by atoms with E-state index in [4.69, 9.17) is 4.74 Å². The molecule has 156 valence electrons. The van der Waals surface area contributed by atoms with Crippen molar-refractivity contribution in [3.05, 3.63) is 90.2 Å². The van der Waals surface area contributed by atoms with Gasteiger partial charge in [-0.25, -0.2) is 10.1 Å². The first-order valence-corrected chi connectivity index (χ1v) is 9.83. The molecule has 0 spiro atoms. The highest BCUT2D eigenvalue weighted by atomic mass is 16.5. The van der Waals surface area contributed by atoms with Crippen LogP contribution in [0.4, 0.5) is 0 Å². The molecule has 0 saturated heterocycles. The van der Waals surface area contributed by atoms with Crippen LogP contribution in [-0.4, -0.2) is 25.5 Å².